The summed E-state index contributed by atoms with van der Waals surface area (Å²) in [6.45, 7) is 0.574. The number of aryl methyl sites for hydroxylation is 1. The van der Waals surface area contributed by atoms with Crippen LogP contribution in [0.15, 0.2) is 36.4 Å². The summed E-state index contributed by atoms with van der Waals surface area (Å²) in [5.41, 5.74) is 13.3. The van der Waals surface area contributed by atoms with Crippen molar-refractivity contribution in [1.29, 1.82) is 0 Å². The van der Waals surface area contributed by atoms with Crippen molar-refractivity contribution in [3.05, 3.63) is 64.2 Å². The van der Waals surface area contributed by atoms with Gasteiger partial charge in [0.15, 0.2) is 16.7 Å². The molecule has 1 aliphatic carbocycles. The first-order chi connectivity index (χ1) is 13.0. The van der Waals surface area contributed by atoms with Crippen LogP contribution < -0.4 is 21.9 Å². The van der Waals surface area contributed by atoms with Crippen molar-refractivity contribution in [1.82, 2.24) is 10.9 Å². The molecule has 0 bridgehead atoms. The van der Waals surface area contributed by atoms with Crippen LogP contribution in [0.4, 0.5) is 5.69 Å². The second-order valence-corrected chi connectivity index (χ2v) is 6.45. The summed E-state index contributed by atoms with van der Waals surface area (Å²) in [5, 5.41) is 2.76. The molecule has 138 valence electrons. The molecule has 0 radical (unpaired) electrons. The van der Waals surface area contributed by atoms with Crippen molar-refractivity contribution in [3.8, 4) is 0 Å². The molecule has 0 saturated carbocycles. The van der Waals surface area contributed by atoms with E-state index < -0.39 is 0 Å². The van der Waals surface area contributed by atoms with Crippen LogP contribution in [0.3, 0.4) is 0 Å². The topological polar surface area (TPSA) is 113 Å². The Morgan fingerprint density at radius 2 is 1.74 bits per heavy atom. The van der Waals surface area contributed by atoms with E-state index in [1.807, 2.05) is 0 Å². The Morgan fingerprint density at radius 1 is 1.04 bits per heavy atom. The fraction of sp³-hybridized carbons (Fsp3) is 0.158. The van der Waals surface area contributed by atoms with Gasteiger partial charge in [0.05, 0.1) is 11.3 Å². The van der Waals surface area contributed by atoms with Crippen LogP contribution in [0.2, 0.25) is 0 Å². The molecule has 0 saturated heterocycles. The van der Waals surface area contributed by atoms with Gasteiger partial charge in [0.25, 0.3) is 0 Å². The van der Waals surface area contributed by atoms with E-state index in [4.69, 9.17) is 18.0 Å². The molecule has 27 heavy (non-hydrogen) atoms. The smallest absolute Gasteiger partial charge is 0.211 e. The molecule has 1 amide bonds. The number of thiocarbonyl (C=S) groups is 1. The minimum Gasteiger partial charge on any atom is -0.375 e. The van der Waals surface area contributed by atoms with Gasteiger partial charge < -0.3 is 11.1 Å². The number of carbonyl (C=O) groups is 3. The molecule has 3 rings (SSSR count). The first-order valence-corrected chi connectivity index (χ1v) is 8.78. The number of nitrogens with two attached hydrogens (primary N) is 1. The van der Waals surface area contributed by atoms with Crippen LogP contribution in [0, 0.1) is 0 Å². The van der Waals surface area contributed by atoms with Crippen LogP contribution in [0.1, 0.15) is 43.8 Å². The Morgan fingerprint density at radius 3 is 2.41 bits per heavy atom. The van der Waals surface area contributed by atoms with Gasteiger partial charge in [-0.15, -0.1) is 0 Å². The van der Waals surface area contributed by atoms with Crippen LogP contribution >= 0.6 is 12.2 Å². The SMILES string of the molecule is NC(=S)NNCCCc1ccc2c(c1NC=O)C(=O)c1ccccc1C2=O. The number of hydrogen-bond donors (Lipinski definition) is 4. The lowest BCUT2D eigenvalue weighted by Crippen LogP contribution is -2.41. The Kier molecular flexibility index (Phi) is 5.58. The Hall–Kier alpha value is -3.10. The molecule has 1 aliphatic rings. The van der Waals surface area contributed by atoms with Crippen molar-refractivity contribution in [2.24, 2.45) is 5.73 Å². The molecule has 0 unspecified atom stereocenters. The Balaban J connectivity index is 1.92. The molecule has 0 heterocycles. The maximum atomic E-state index is 13.0. The number of fused-ring (bicyclic) bond motifs is 2. The third-order valence-electron chi connectivity index (χ3n) is 4.34. The molecule has 2 aromatic rings. The maximum Gasteiger partial charge on any atom is 0.211 e. The van der Waals surface area contributed by atoms with Crippen LogP contribution in [0.5, 0.6) is 0 Å². The van der Waals surface area contributed by atoms with Crippen LogP contribution in [-0.4, -0.2) is 29.6 Å². The molecule has 0 aliphatic heterocycles. The van der Waals surface area contributed by atoms with E-state index in [0.29, 0.717) is 48.2 Å². The van der Waals surface area contributed by atoms with Gasteiger partial charge in [-0.2, -0.15) is 0 Å². The van der Waals surface area contributed by atoms with Gasteiger partial charge in [0.2, 0.25) is 6.41 Å². The highest BCUT2D eigenvalue weighted by Gasteiger charge is 2.32. The monoisotopic (exact) mass is 382 g/mol. The zero-order chi connectivity index (χ0) is 19.4. The van der Waals surface area contributed by atoms with Crippen LogP contribution in [0.25, 0.3) is 0 Å². The van der Waals surface area contributed by atoms with Crippen molar-refractivity contribution in [3.63, 3.8) is 0 Å². The molecule has 8 heteroatoms. The molecule has 2 aromatic carbocycles. The normalized spacial score (nSPS) is 12.1. The summed E-state index contributed by atoms with van der Waals surface area (Å²) >= 11 is 4.70. The Labute approximate surface area is 161 Å². The van der Waals surface area contributed by atoms with Gasteiger partial charge >= 0.3 is 0 Å². The van der Waals surface area contributed by atoms with Crippen molar-refractivity contribution in [2.45, 2.75) is 12.8 Å². The van der Waals surface area contributed by atoms with E-state index in [0.717, 1.165) is 5.56 Å². The van der Waals surface area contributed by atoms with Crippen LogP contribution in [-0.2, 0) is 11.2 Å². The zero-order valence-corrected chi connectivity index (χ0v) is 15.2. The molecule has 0 aromatic heterocycles. The minimum absolute atomic E-state index is 0.148. The molecule has 5 N–H and O–H groups in total. The van der Waals surface area contributed by atoms with Gasteiger partial charge in [-0.1, -0.05) is 30.3 Å². The lowest BCUT2D eigenvalue weighted by molar-refractivity contribution is -0.105. The zero-order valence-electron chi connectivity index (χ0n) is 14.4. The lowest BCUT2D eigenvalue weighted by atomic mass is 9.81. The number of hydrogen-bond acceptors (Lipinski definition) is 5. The number of anilines is 1. The average molecular weight is 382 g/mol. The molecular formula is C19H18N4O3S. The summed E-state index contributed by atoms with van der Waals surface area (Å²) in [4.78, 5) is 36.9. The standard InChI is InChI=1S/C19H18N4O3S/c20-19(27)23-22-9-3-4-11-7-8-14-15(16(11)21-10-24)18(26)13-6-2-1-5-12(13)17(14)25/h1-2,5-8,10,22H,3-4,9H2,(H,21,24)(H3,20,23,27). The van der Waals surface area contributed by atoms with Gasteiger partial charge in [-0.25, -0.2) is 5.43 Å². The highest BCUT2D eigenvalue weighted by molar-refractivity contribution is 7.80. The predicted octanol–water partition coefficient (Wildman–Crippen LogP) is 1.30. The second-order valence-electron chi connectivity index (χ2n) is 6.01. The number of ketones is 2. The third kappa shape index (κ3) is 3.71. The van der Waals surface area contributed by atoms with Gasteiger partial charge in [-0.3, -0.25) is 19.8 Å². The first kappa shape index (κ1) is 18.7. The molecule has 7 nitrogen and oxygen atoms in total. The molecular weight excluding hydrogens is 364 g/mol. The predicted molar refractivity (Wildman–Crippen MR) is 106 cm³/mol. The third-order valence-corrected chi connectivity index (χ3v) is 4.44. The summed E-state index contributed by atoms with van der Waals surface area (Å²) in [5.74, 6) is -0.484. The van der Waals surface area contributed by atoms with E-state index in [2.05, 4.69) is 16.2 Å². The fourth-order valence-corrected chi connectivity index (χ4v) is 3.25. The summed E-state index contributed by atoms with van der Waals surface area (Å²) < 4.78 is 0. The van der Waals surface area contributed by atoms with Crippen molar-refractivity contribution in [2.75, 3.05) is 11.9 Å². The highest BCUT2D eigenvalue weighted by Crippen LogP contribution is 2.34. The summed E-state index contributed by atoms with van der Waals surface area (Å²) in [6.07, 6.45) is 1.79. The number of hydrazine groups is 1. The van der Waals surface area contributed by atoms with E-state index >= 15 is 0 Å². The van der Waals surface area contributed by atoms with E-state index in [9.17, 15) is 14.4 Å². The van der Waals surface area contributed by atoms with E-state index in [1.54, 1.807) is 36.4 Å². The van der Waals surface area contributed by atoms with Gasteiger partial charge in [-0.05, 0) is 36.7 Å². The summed E-state index contributed by atoms with van der Waals surface area (Å²) in [6, 6.07) is 10.1. The second kappa shape index (κ2) is 8.07. The average Bonchev–Trinajstić information content (AvgIpc) is 2.66. The number of amides is 1. The van der Waals surface area contributed by atoms with Gasteiger partial charge in [0.1, 0.15) is 0 Å². The fourth-order valence-electron chi connectivity index (χ4n) is 3.18. The van der Waals surface area contributed by atoms with Crippen molar-refractivity contribution >= 4 is 41.0 Å². The van der Waals surface area contributed by atoms with Gasteiger partial charge in [0, 0.05) is 23.2 Å². The molecule has 0 spiro atoms. The number of nitrogens with one attached hydrogen (secondary N) is 3. The highest BCUT2D eigenvalue weighted by atomic mass is 32.1. The molecule has 0 fully saturated rings. The molecule has 0 atom stereocenters. The van der Waals surface area contributed by atoms with E-state index in [1.165, 1.54) is 0 Å². The van der Waals surface area contributed by atoms with Crippen molar-refractivity contribution < 1.29 is 14.4 Å². The minimum atomic E-state index is -0.264. The lowest BCUT2D eigenvalue weighted by Gasteiger charge is -2.22. The van der Waals surface area contributed by atoms with E-state index in [-0.39, 0.29) is 22.2 Å². The largest absolute Gasteiger partial charge is 0.375 e. The maximum absolute atomic E-state index is 13.0. The number of rotatable bonds is 7. The quantitative estimate of drug-likeness (QED) is 0.211. The Bertz CT molecular complexity index is 943. The summed E-state index contributed by atoms with van der Waals surface area (Å²) in [7, 11) is 0. The number of benzene rings is 2. The first-order valence-electron chi connectivity index (χ1n) is 8.37. The number of carbonyl (C=O) groups excluding carboxylic acids is 3.